The van der Waals surface area contributed by atoms with Crippen molar-refractivity contribution in [3.8, 4) is 0 Å². The van der Waals surface area contributed by atoms with Crippen LogP contribution < -0.4 is 5.32 Å². The highest BCUT2D eigenvalue weighted by molar-refractivity contribution is 5.78. The number of likely N-dealkylation sites (tertiary alicyclic amines) is 1. The van der Waals surface area contributed by atoms with E-state index in [2.05, 4.69) is 15.5 Å². The second-order valence-electron chi connectivity index (χ2n) is 7.02. The molecular formula is C16H24N4O2. The van der Waals surface area contributed by atoms with Crippen LogP contribution in [0, 0.1) is 5.92 Å². The molecule has 2 aliphatic carbocycles. The Morgan fingerprint density at radius 1 is 1.23 bits per heavy atom. The van der Waals surface area contributed by atoms with Crippen LogP contribution >= 0.6 is 0 Å². The summed E-state index contributed by atoms with van der Waals surface area (Å²) in [6.45, 7) is 3.03. The van der Waals surface area contributed by atoms with Crippen LogP contribution in [-0.2, 0) is 4.79 Å². The first kappa shape index (κ1) is 14.2. The Morgan fingerprint density at radius 2 is 2.09 bits per heavy atom. The molecule has 120 valence electrons. The Balaban J connectivity index is 1.30. The van der Waals surface area contributed by atoms with Gasteiger partial charge in [0, 0.05) is 24.9 Å². The van der Waals surface area contributed by atoms with Crippen LogP contribution in [0.25, 0.3) is 0 Å². The number of hydrogen-bond donors (Lipinski definition) is 1. The van der Waals surface area contributed by atoms with Crippen molar-refractivity contribution in [2.45, 2.75) is 50.4 Å². The first-order valence-electron chi connectivity index (χ1n) is 8.61. The minimum Gasteiger partial charge on any atom is -0.341 e. The summed E-state index contributed by atoms with van der Waals surface area (Å²) >= 11 is 0. The highest BCUT2D eigenvalue weighted by Crippen LogP contribution is 2.39. The molecule has 0 spiro atoms. The van der Waals surface area contributed by atoms with E-state index in [-0.39, 0.29) is 11.8 Å². The van der Waals surface area contributed by atoms with E-state index in [9.17, 15) is 4.79 Å². The minimum absolute atomic E-state index is 0.205. The molecule has 1 aromatic rings. The van der Waals surface area contributed by atoms with Crippen molar-refractivity contribution in [1.82, 2.24) is 20.4 Å². The van der Waals surface area contributed by atoms with Gasteiger partial charge in [0.1, 0.15) is 0 Å². The Bertz CT molecular complexity index is 536. The number of nitrogens with one attached hydrogen (secondary N) is 1. The molecule has 1 N–H and O–H groups in total. The van der Waals surface area contributed by atoms with Gasteiger partial charge in [-0.15, -0.1) is 0 Å². The molecule has 1 atom stereocenters. The lowest BCUT2D eigenvalue weighted by molar-refractivity contribution is -0.131. The van der Waals surface area contributed by atoms with Gasteiger partial charge in [-0.05, 0) is 51.0 Å². The maximum Gasteiger partial charge on any atom is 0.236 e. The minimum atomic E-state index is 0.205. The van der Waals surface area contributed by atoms with Crippen molar-refractivity contribution in [3.05, 3.63) is 11.7 Å². The van der Waals surface area contributed by atoms with Gasteiger partial charge in [0.05, 0.1) is 6.54 Å². The van der Waals surface area contributed by atoms with Crippen LogP contribution in [-0.4, -0.2) is 47.1 Å². The van der Waals surface area contributed by atoms with Crippen LogP contribution in [0.4, 0.5) is 0 Å². The Kier molecular flexibility index (Phi) is 3.86. The predicted molar refractivity (Wildman–Crippen MR) is 80.4 cm³/mol. The van der Waals surface area contributed by atoms with E-state index in [1.54, 1.807) is 0 Å². The van der Waals surface area contributed by atoms with E-state index < -0.39 is 0 Å². The van der Waals surface area contributed by atoms with Crippen molar-refractivity contribution in [2.24, 2.45) is 5.92 Å². The normalized spacial score (nSPS) is 25.5. The van der Waals surface area contributed by atoms with Crippen molar-refractivity contribution in [3.63, 3.8) is 0 Å². The molecule has 1 saturated heterocycles. The fourth-order valence-corrected chi connectivity index (χ4v) is 3.14. The zero-order valence-electron chi connectivity index (χ0n) is 13.0. The van der Waals surface area contributed by atoms with Crippen LogP contribution in [0.3, 0.4) is 0 Å². The summed E-state index contributed by atoms with van der Waals surface area (Å²) in [5.41, 5.74) is 0. The van der Waals surface area contributed by atoms with Crippen molar-refractivity contribution in [2.75, 3.05) is 26.2 Å². The molecule has 0 bridgehead atoms. The molecule has 22 heavy (non-hydrogen) atoms. The number of aromatic nitrogens is 2. The molecule has 3 fully saturated rings. The monoisotopic (exact) mass is 304 g/mol. The van der Waals surface area contributed by atoms with Gasteiger partial charge in [-0.3, -0.25) is 4.79 Å². The van der Waals surface area contributed by atoms with E-state index in [1.807, 2.05) is 4.90 Å². The Morgan fingerprint density at radius 3 is 2.86 bits per heavy atom. The molecule has 1 amide bonds. The maximum atomic E-state index is 12.3. The van der Waals surface area contributed by atoms with Crippen LogP contribution in [0.5, 0.6) is 0 Å². The highest BCUT2D eigenvalue weighted by Gasteiger charge is 2.32. The maximum absolute atomic E-state index is 12.3. The number of amides is 1. The molecular weight excluding hydrogens is 280 g/mol. The van der Waals surface area contributed by atoms with Gasteiger partial charge in [0.15, 0.2) is 5.82 Å². The molecule has 2 heterocycles. The third-order valence-corrected chi connectivity index (χ3v) is 4.93. The molecule has 1 aromatic heterocycles. The lowest BCUT2D eigenvalue weighted by Crippen LogP contribution is -2.43. The largest absolute Gasteiger partial charge is 0.341 e. The molecule has 0 radical (unpaired) electrons. The molecule has 1 unspecified atom stereocenters. The number of rotatable bonds is 6. The topological polar surface area (TPSA) is 71.3 Å². The number of carbonyl (C=O) groups is 1. The fourth-order valence-electron chi connectivity index (χ4n) is 3.14. The summed E-state index contributed by atoms with van der Waals surface area (Å²) in [7, 11) is 0. The van der Waals surface area contributed by atoms with Crippen LogP contribution in [0.15, 0.2) is 4.52 Å². The molecule has 6 heteroatoms. The third kappa shape index (κ3) is 3.32. The van der Waals surface area contributed by atoms with Crippen LogP contribution in [0.1, 0.15) is 62.1 Å². The van der Waals surface area contributed by atoms with Crippen molar-refractivity contribution in [1.29, 1.82) is 0 Å². The van der Waals surface area contributed by atoms with Gasteiger partial charge in [-0.25, -0.2) is 0 Å². The van der Waals surface area contributed by atoms with Crippen molar-refractivity contribution < 1.29 is 9.32 Å². The van der Waals surface area contributed by atoms with E-state index in [0.717, 1.165) is 50.1 Å². The molecule has 3 aliphatic rings. The molecule has 1 aliphatic heterocycles. The zero-order chi connectivity index (χ0) is 14.9. The lowest BCUT2D eigenvalue weighted by Gasteiger charge is -2.31. The van der Waals surface area contributed by atoms with Crippen LogP contribution in [0.2, 0.25) is 0 Å². The standard InChI is InChI=1S/C16H24N4O2/c21-14(9-17-8-11-3-4-11)20-7-1-2-13(10-20)15-18-16(22-19-15)12-5-6-12/h11-13,17H,1-10H2. The summed E-state index contributed by atoms with van der Waals surface area (Å²) in [6.07, 6.45) is 7.03. The summed E-state index contributed by atoms with van der Waals surface area (Å²) in [4.78, 5) is 18.8. The van der Waals surface area contributed by atoms with Gasteiger partial charge >= 0.3 is 0 Å². The van der Waals surface area contributed by atoms with Crippen molar-refractivity contribution >= 4 is 5.91 Å². The SMILES string of the molecule is O=C(CNCC1CC1)N1CCCC(c2noc(C3CC3)n2)C1. The predicted octanol–water partition coefficient (Wildman–Crippen LogP) is 1.65. The van der Waals surface area contributed by atoms with E-state index in [4.69, 9.17) is 4.52 Å². The molecule has 0 aromatic carbocycles. The number of carbonyl (C=O) groups excluding carboxylic acids is 1. The number of hydrogen-bond acceptors (Lipinski definition) is 5. The Hall–Kier alpha value is -1.43. The van der Waals surface area contributed by atoms with E-state index >= 15 is 0 Å². The average Bonchev–Trinajstić information content (AvgIpc) is 3.48. The summed E-state index contributed by atoms with van der Waals surface area (Å²) in [6, 6.07) is 0. The Labute approximate surface area is 130 Å². The van der Waals surface area contributed by atoms with Gasteiger partial charge < -0.3 is 14.7 Å². The highest BCUT2D eigenvalue weighted by atomic mass is 16.5. The molecule has 4 rings (SSSR count). The smallest absolute Gasteiger partial charge is 0.236 e. The second-order valence-corrected chi connectivity index (χ2v) is 7.02. The summed E-state index contributed by atoms with van der Waals surface area (Å²) in [5, 5.41) is 7.43. The van der Waals surface area contributed by atoms with Gasteiger partial charge in [0.25, 0.3) is 0 Å². The zero-order valence-corrected chi connectivity index (χ0v) is 13.0. The molecule has 2 saturated carbocycles. The summed E-state index contributed by atoms with van der Waals surface area (Å²) in [5.74, 6) is 3.33. The number of nitrogens with zero attached hydrogens (tertiary/aromatic N) is 3. The fraction of sp³-hybridized carbons (Fsp3) is 0.812. The lowest BCUT2D eigenvalue weighted by atomic mass is 9.97. The van der Waals surface area contributed by atoms with Gasteiger partial charge in [-0.2, -0.15) is 4.98 Å². The molecule has 6 nitrogen and oxygen atoms in total. The third-order valence-electron chi connectivity index (χ3n) is 4.93. The average molecular weight is 304 g/mol. The van der Waals surface area contributed by atoms with E-state index in [1.165, 1.54) is 25.7 Å². The quantitative estimate of drug-likeness (QED) is 0.865. The summed E-state index contributed by atoms with van der Waals surface area (Å²) < 4.78 is 5.36. The first-order valence-corrected chi connectivity index (χ1v) is 8.61. The number of piperidine rings is 1. The first-order chi connectivity index (χ1) is 10.8. The second kappa shape index (κ2) is 5.99. The van der Waals surface area contributed by atoms with E-state index in [0.29, 0.717) is 12.5 Å². The van der Waals surface area contributed by atoms with Gasteiger partial charge in [0.2, 0.25) is 11.8 Å². The van der Waals surface area contributed by atoms with Gasteiger partial charge in [-0.1, -0.05) is 5.16 Å².